The zero-order valence-corrected chi connectivity index (χ0v) is 15.4. The first kappa shape index (κ1) is 17.9. The van der Waals surface area contributed by atoms with Gasteiger partial charge in [-0.25, -0.2) is 0 Å². The van der Waals surface area contributed by atoms with E-state index in [1.54, 1.807) is 49.4 Å². The van der Waals surface area contributed by atoms with Crippen molar-refractivity contribution in [3.8, 4) is 5.75 Å². The molecular formula is C21H19NO3S. The van der Waals surface area contributed by atoms with Gasteiger partial charge in [0.05, 0.1) is 4.88 Å². The highest BCUT2D eigenvalue weighted by atomic mass is 32.1. The molecule has 0 saturated heterocycles. The Morgan fingerprint density at radius 2 is 1.81 bits per heavy atom. The van der Waals surface area contributed by atoms with Crippen LogP contribution < -0.4 is 10.1 Å². The van der Waals surface area contributed by atoms with Crippen molar-refractivity contribution in [1.29, 1.82) is 0 Å². The predicted molar refractivity (Wildman–Crippen MR) is 104 cm³/mol. The minimum Gasteiger partial charge on any atom is -0.482 e. The summed E-state index contributed by atoms with van der Waals surface area (Å²) in [5, 5.41) is 4.69. The number of carbonyl (C=O) groups is 2. The number of amides is 1. The lowest BCUT2D eigenvalue weighted by atomic mass is 10.1. The number of carbonyl (C=O) groups excluding carboxylic acids is 2. The second kappa shape index (κ2) is 7.97. The van der Waals surface area contributed by atoms with Crippen LogP contribution in [0.1, 0.15) is 32.5 Å². The van der Waals surface area contributed by atoms with Gasteiger partial charge in [0.25, 0.3) is 5.91 Å². The average Bonchev–Trinajstić information content (AvgIpc) is 3.17. The smallest absolute Gasteiger partial charge is 0.265 e. The van der Waals surface area contributed by atoms with E-state index >= 15 is 0 Å². The Hall–Kier alpha value is -2.92. The molecule has 0 saturated carbocycles. The molecule has 2 aromatic carbocycles. The molecular weight excluding hydrogens is 346 g/mol. The Morgan fingerprint density at radius 3 is 2.50 bits per heavy atom. The van der Waals surface area contributed by atoms with Crippen molar-refractivity contribution < 1.29 is 14.3 Å². The van der Waals surface area contributed by atoms with E-state index in [1.165, 1.54) is 11.3 Å². The van der Waals surface area contributed by atoms with Gasteiger partial charge < -0.3 is 10.1 Å². The molecule has 1 heterocycles. The molecule has 0 fully saturated rings. The first-order valence-electron chi connectivity index (χ1n) is 8.25. The third kappa shape index (κ3) is 4.37. The van der Waals surface area contributed by atoms with Crippen LogP contribution in [0.5, 0.6) is 5.75 Å². The first-order chi connectivity index (χ1) is 12.5. The summed E-state index contributed by atoms with van der Waals surface area (Å²) in [4.78, 5) is 25.3. The number of ether oxygens (including phenoxy) is 1. The van der Waals surface area contributed by atoms with Crippen LogP contribution in [0.25, 0.3) is 0 Å². The number of thiophene rings is 1. The normalized spacial score (nSPS) is 11.6. The molecule has 0 aliphatic heterocycles. The number of hydrogen-bond donors (Lipinski definition) is 1. The van der Waals surface area contributed by atoms with Crippen molar-refractivity contribution in [2.75, 3.05) is 5.32 Å². The van der Waals surface area contributed by atoms with Gasteiger partial charge >= 0.3 is 0 Å². The van der Waals surface area contributed by atoms with Crippen LogP contribution in [0, 0.1) is 6.92 Å². The molecule has 132 valence electrons. The average molecular weight is 365 g/mol. The highest BCUT2D eigenvalue weighted by Gasteiger charge is 2.17. The van der Waals surface area contributed by atoms with Gasteiger partial charge in [0.2, 0.25) is 5.78 Å². The van der Waals surface area contributed by atoms with Crippen LogP contribution in [0.4, 0.5) is 5.69 Å². The molecule has 0 unspecified atom stereocenters. The van der Waals surface area contributed by atoms with Crippen molar-refractivity contribution in [2.24, 2.45) is 0 Å². The van der Waals surface area contributed by atoms with E-state index in [9.17, 15) is 9.59 Å². The summed E-state index contributed by atoms with van der Waals surface area (Å²) in [5.74, 6) is 0.279. The van der Waals surface area contributed by atoms with E-state index in [0.717, 1.165) is 5.56 Å². The fourth-order valence-electron chi connectivity index (χ4n) is 2.46. The summed E-state index contributed by atoms with van der Waals surface area (Å²) in [5.41, 5.74) is 2.34. The largest absolute Gasteiger partial charge is 0.482 e. The van der Waals surface area contributed by atoms with E-state index in [0.29, 0.717) is 21.9 Å². The number of Topliss-reactive ketones (excluding diaryl/α,β-unsaturated/α-hetero) is 1. The lowest BCUT2D eigenvalue weighted by Gasteiger charge is -2.15. The molecule has 3 aromatic rings. The Morgan fingerprint density at radius 1 is 1.04 bits per heavy atom. The maximum Gasteiger partial charge on any atom is 0.265 e. The number of anilines is 1. The Kier molecular flexibility index (Phi) is 5.49. The van der Waals surface area contributed by atoms with E-state index in [2.05, 4.69) is 5.32 Å². The fourth-order valence-corrected chi connectivity index (χ4v) is 3.08. The molecule has 1 N–H and O–H groups in total. The number of benzene rings is 2. The predicted octanol–water partition coefficient (Wildman–Crippen LogP) is 4.96. The van der Waals surface area contributed by atoms with Crippen molar-refractivity contribution in [3.05, 3.63) is 82.0 Å². The summed E-state index contributed by atoms with van der Waals surface area (Å²) in [6, 6.07) is 18.0. The summed E-state index contributed by atoms with van der Waals surface area (Å²) in [6.07, 6.45) is -0.624. The van der Waals surface area contributed by atoms with Crippen LogP contribution in [-0.2, 0) is 0 Å². The highest BCUT2D eigenvalue weighted by molar-refractivity contribution is 7.12. The lowest BCUT2D eigenvalue weighted by Crippen LogP contribution is -2.24. The number of nitrogens with one attached hydrogen (secondary N) is 1. The van der Waals surface area contributed by atoms with Gasteiger partial charge in [-0.15, -0.1) is 11.3 Å². The van der Waals surface area contributed by atoms with E-state index in [1.807, 2.05) is 30.5 Å². The Balaban J connectivity index is 1.67. The van der Waals surface area contributed by atoms with E-state index in [-0.39, 0.29) is 11.7 Å². The molecule has 1 aromatic heterocycles. The van der Waals surface area contributed by atoms with Crippen molar-refractivity contribution in [3.63, 3.8) is 0 Å². The zero-order chi connectivity index (χ0) is 18.5. The number of aryl methyl sites for hydroxylation is 1. The van der Waals surface area contributed by atoms with Gasteiger partial charge in [0, 0.05) is 17.3 Å². The lowest BCUT2D eigenvalue weighted by molar-refractivity contribution is 0.0818. The minimum absolute atomic E-state index is 0.0852. The van der Waals surface area contributed by atoms with Gasteiger partial charge in [-0.2, -0.15) is 0 Å². The van der Waals surface area contributed by atoms with Crippen LogP contribution in [0.3, 0.4) is 0 Å². The van der Waals surface area contributed by atoms with E-state index in [4.69, 9.17) is 4.74 Å². The second-order valence-corrected chi connectivity index (χ2v) is 6.90. The molecule has 26 heavy (non-hydrogen) atoms. The summed E-state index contributed by atoms with van der Waals surface area (Å²) in [7, 11) is 0. The van der Waals surface area contributed by atoms with Gasteiger partial charge in [0.15, 0.2) is 6.10 Å². The third-order valence-corrected chi connectivity index (χ3v) is 4.72. The molecule has 0 bridgehead atoms. The molecule has 1 atom stereocenters. The van der Waals surface area contributed by atoms with Crippen LogP contribution >= 0.6 is 11.3 Å². The molecule has 4 nitrogen and oxygen atoms in total. The van der Waals surface area contributed by atoms with Crippen molar-refractivity contribution in [2.45, 2.75) is 20.0 Å². The van der Waals surface area contributed by atoms with Crippen molar-refractivity contribution in [1.82, 2.24) is 0 Å². The maximum absolute atomic E-state index is 12.5. The highest BCUT2D eigenvalue weighted by Crippen LogP contribution is 2.21. The summed E-state index contributed by atoms with van der Waals surface area (Å²) in [6.45, 7) is 3.70. The second-order valence-electron chi connectivity index (χ2n) is 5.95. The standard InChI is InChI=1S/C21H19NO3S/c1-14-8-10-16(11-9-14)20(23)15(2)25-18-6-3-5-17(13-18)22-21(24)19-7-4-12-26-19/h3-13,15H,1-2H3,(H,22,24)/t15-/m0/s1. The molecule has 0 radical (unpaired) electrons. The molecule has 1 amide bonds. The fraction of sp³-hybridized carbons (Fsp3) is 0.143. The van der Waals surface area contributed by atoms with Crippen molar-refractivity contribution >= 4 is 28.7 Å². The monoisotopic (exact) mass is 365 g/mol. The van der Waals surface area contributed by atoms with E-state index < -0.39 is 6.10 Å². The first-order valence-corrected chi connectivity index (χ1v) is 9.13. The Labute approximate surface area is 156 Å². The number of rotatable bonds is 6. The summed E-state index contributed by atoms with van der Waals surface area (Å²) >= 11 is 1.38. The molecule has 0 aliphatic rings. The van der Waals surface area contributed by atoms with Gasteiger partial charge in [-0.3, -0.25) is 9.59 Å². The van der Waals surface area contributed by atoms with Gasteiger partial charge in [-0.05, 0) is 37.4 Å². The molecule has 5 heteroatoms. The molecule has 3 rings (SSSR count). The third-order valence-electron chi connectivity index (χ3n) is 3.86. The topological polar surface area (TPSA) is 55.4 Å². The SMILES string of the molecule is Cc1ccc(C(=O)[C@H](C)Oc2cccc(NC(=O)c3cccs3)c2)cc1. The van der Waals surface area contributed by atoms with Gasteiger partial charge in [0.1, 0.15) is 5.75 Å². The number of hydrogen-bond acceptors (Lipinski definition) is 4. The molecule has 0 aliphatic carbocycles. The number of ketones is 1. The zero-order valence-electron chi connectivity index (χ0n) is 14.6. The Bertz CT molecular complexity index is 901. The quantitative estimate of drug-likeness (QED) is 0.628. The maximum atomic E-state index is 12.5. The van der Waals surface area contributed by atoms with Gasteiger partial charge in [-0.1, -0.05) is 42.0 Å². The van der Waals surface area contributed by atoms with Crippen LogP contribution in [0.15, 0.2) is 66.0 Å². The van der Waals surface area contributed by atoms with Crippen LogP contribution in [0.2, 0.25) is 0 Å². The van der Waals surface area contributed by atoms with Crippen LogP contribution in [-0.4, -0.2) is 17.8 Å². The molecule has 0 spiro atoms. The minimum atomic E-state index is -0.624. The summed E-state index contributed by atoms with van der Waals surface area (Å²) < 4.78 is 5.78.